The van der Waals surface area contributed by atoms with Gasteiger partial charge in [-0.15, -0.1) is 0 Å². The van der Waals surface area contributed by atoms with Crippen LogP contribution in [0.2, 0.25) is 0 Å². The maximum absolute atomic E-state index is 5.85. The number of rotatable bonds is 4. The van der Waals surface area contributed by atoms with Crippen LogP contribution in [0.15, 0.2) is 18.3 Å². The molecule has 1 saturated heterocycles. The number of piperazine rings is 1. The van der Waals surface area contributed by atoms with Crippen molar-refractivity contribution in [2.45, 2.75) is 39.3 Å². The molecule has 0 aromatic carbocycles. The summed E-state index contributed by atoms with van der Waals surface area (Å²) in [6.45, 7) is 10.9. The van der Waals surface area contributed by atoms with Crippen LogP contribution in [-0.4, -0.2) is 42.1 Å². The third-order valence-corrected chi connectivity index (χ3v) is 4.15. The van der Waals surface area contributed by atoms with E-state index in [1.807, 2.05) is 13.1 Å². The van der Waals surface area contributed by atoms with E-state index in [1.165, 1.54) is 6.42 Å². The maximum Gasteiger partial charge on any atom is 0.128 e. The van der Waals surface area contributed by atoms with Crippen LogP contribution in [0.1, 0.15) is 38.8 Å². The van der Waals surface area contributed by atoms with E-state index in [9.17, 15) is 0 Å². The fraction of sp³-hybridized carbons (Fsp3) is 0.667. The topological polar surface area (TPSA) is 45.4 Å². The van der Waals surface area contributed by atoms with Gasteiger partial charge in [0.15, 0.2) is 0 Å². The van der Waals surface area contributed by atoms with E-state index in [1.54, 1.807) is 0 Å². The molecule has 0 spiro atoms. The van der Waals surface area contributed by atoms with Crippen molar-refractivity contribution in [3.63, 3.8) is 0 Å². The Morgan fingerprint density at radius 1 is 1.21 bits per heavy atom. The van der Waals surface area contributed by atoms with Crippen molar-refractivity contribution in [2.75, 3.05) is 31.1 Å². The van der Waals surface area contributed by atoms with E-state index < -0.39 is 0 Å². The Labute approximate surface area is 116 Å². The van der Waals surface area contributed by atoms with Gasteiger partial charge < -0.3 is 10.6 Å². The predicted octanol–water partition coefficient (Wildman–Crippen LogP) is 2.02. The molecule has 1 aromatic heterocycles. The Morgan fingerprint density at radius 2 is 1.89 bits per heavy atom. The molecule has 4 nitrogen and oxygen atoms in total. The summed E-state index contributed by atoms with van der Waals surface area (Å²) in [6.07, 6.45) is 3.13. The molecular weight excluding hydrogens is 236 g/mol. The highest BCUT2D eigenvalue weighted by atomic mass is 15.3. The SMILES string of the molecule is CCC(C)N1CCN(c2ccc([C@@H](C)N)cn2)CC1. The first-order valence-corrected chi connectivity index (χ1v) is 7.32. The first-order chi connectivity index (χ1) is 9.11. The minimum absolute atomic E-state index is 0.0591. The Balaban J connectivity index is 1.94. The normalized spacial score (nSPS) is 20.3. The van der Waals surface area contributed by atoms with Crippen LogP contribution in [0.5, 0.6) is 0 Å². The quantitative estimate of drug-likeness (QED) is 0.902. The van der Waals surface area contributed by atoms with Crippen molar-refractivity contribution in [1.82, 2.24) is 9.88 Å². The monoisotopic (exact) mass is 262 g/mol. The zero-order chi connectivity index (χ0) is 13.8. The highest BCUT2D eigenvalue weighted by Crippen LogP contribution is 2.17. The molecule has 1 aliphatic rings. The molecule has 1 aliphatic heterocycles. The minimum Gasteiger partial charge on any atom is -0.354 e. The molecule has 0 saturated carbocycles. The van der Waals surface area contributed by atoms with Crippen LogP contribution in [0, 0.1) is 0 Å². The second-order valence-corrected chi connectivity index (χ2v) is 5.52. The largest absolute Gasteiger partial charge is 0.354 e. The van der Waals surface area contributed by atoms with Gasteiger partial charge in [0, 0.05) is 44.5 Å². The highest BCUT2D eigenvalue weighted by Gasteiger charge is 2.20. The summed E-state index contributed by atoms with van der Waals surface area (Å²) in [6, 6.07) is 4.94. The molecule has 19 heavy (non-hydrogen) atoms. The molecule has 1 unspecified atom stereocenters. The first-order valence-electron chi connectivity index (χ1n) is 7.32. The molecule has 0 aliphatic carbocycles. The van der Waals surface area contributed by atoms with E-state index in [0.29, 0.717) is 6.04 Å². The number of nitrogens with zero attached hydrogens (tertiary/aromatic N) is 3. The molecular formula is C15H26N4. The molecule has 4 heteroatoms. The van der Waals surface area contributed by atoms with Crippen LogP contribution < -0.4 is 10.6 Å². The summed E-state index contributed by atoms with van der Waals surface area (Å²) < 4.78 is 0. The average Bonchev–Trinajstić information content (AvgIpc) is 2.46. The number of anilines is 1. The minimum atomic E-state index is 0.0591. The predicted molar refractivity (Wildman–Crippen MR) is 80.4 cm³/mol. The number of hydrogen-bond acceptors (Lipinski definition) is 4. The summed E-state index contributed by atoms with van der Waals surface area (Å²) in [7, 11) is 0. The Bertz CT molecular complexity index is 380. The molecule has 0 radical (unpaired) electrons. The molecule has 1 aromatic rings. The molecule has 0 bridgehead atoms. The Kier molecular flexibility index (Phi) is 4.77. The van der Waals surface area contributed by atoms with Crippen molar-refractivity contribution < 1.29 is 0 Å². The lowest BCUT2D eigenvalue weighted by molar-refractivity contribution is 0.192. The summed E-state index contributed by atoms with van der Waals surface area (Å²) >= 11 is 0. The molecule has 0 amide bonds. The average molecular weight is 262 g/mol. The Morgan fingerprint density at radius 3 is 2.37 bits per heavy atom. The molecule has 2 heterocycles. The van der Waals surface area contributed by atoms with Gasteiger partial charge in [-0.3, -0.25) is 4.90 Å². The smallest absolute Gasteiger partial charge is 0.128 e. The van der Waals surface area contributed by atoms with Gasteiger partial charge in [0.2, 0.25) is 0 Å². The van der Waals surface area contributed by atoms with Crippen LogP contribution in [0.25, 0.3) is 0 Å². The van der Waals surface area contributed by atoms with Gasteiger partial charge in [0.05, 0.1) is 0 Å². The maximum atomic E-state index is 5.85. The lowest BCUT2D eigenvalue weighted by Crippen LogP contribution is -2.49. The molecule has 1 fully saturated rings. The molecule has 106 valence electrons. The fourth-order valence-electron chi connectivity index (χ4n) is 2.50. The second kappa shape index (κ2) is 6.35. The van der Waals surface area contributed by atoms with E-state index in [0.717, 1.165) is 37.6 Å². The zero-order valence-corrected chi connectivity index (χ0v) is 12.3. The van der Waals surface area contributed by atoms with Crippen molar-refractivity contribution in [1.29, 1.82) is 0 Å². The van der Waals surface area contributed by atoms with Crippen molar-refractivity contribution >= 4 is 5.82 Å². The van der Waals surface area contributed by atoms with Gasteiger partial charge in [0.25, 0.3) is 0 Å². The van der Waals surface area contributed by atoms with Gasteiger partial charge in [-0.2, -0.15) is 0 Å². The van der Waals surface area contributed by atoms with Crippen LogP contribution in [0.4, 0.5) is 5.82 Å². The van der Waals surface area contributed by atoms with E-state index in [4.69, 9.17) is 5.73 Å². The van der Waals surface area contributed by atoms with Gasteiger partial charge in [-0.25, -0.2) is 4.98 Å². The van der Waals surface area contributed by atoms with Crippen molar-refractivity contribution in [3.8, 4) is 0 Å². The van der Waals surface area contributed by atoms with Gasteiger partial charge in [-0.05, 0) is 31.9 Å². The van der Waals surface area contributed by atoms with Gasteiger partial charge >= 0.3 is 0 Å². The van der Waals surface area contributed by atoms with Gasteiger partial charge in [-0.1, -0.05) is 13.0 Å². The zero-order valence-electron chi connectivity index (χ0n) is 12.3. The fourth-order valence-corrected chi connectivity index (χ4v) is 2.50. The Hall–Kier alpha value is -1.13. The summed E-state index contributed by atoms with van der Waals surface area (Å²) in [5.74, 6) is 1.08. The third-order valence-electron chi connectivity index (χ3n) is 4.15. The van der Waals surface area contributed by atoms with Crippen LogP contribution in [0.3, 0.4) is 0 Å². The van der Waals surface area contributed by atoms with Crippen LogP contribution >= 0.6 is 0 Å². The van der Waals surface area contributed by atoms with E-state index in [2.05, 4.69) is 40.8 Å². The number of nitrogens with two attached hydrogens (primary N) is 1. The van der Waals surface area contributed by atoms with Crippen molar-refractivity contribution in [2.24, 2.45) is 5.73 Å². The number of hydrogen-bond donors (Lipinski definition) is 1. The van der Waals surface area contributed by atoms with Gasteiger partial charge in [0.1, 0.15) is 5.82 Å². The summed E-state index contributed by atoms with van der Waals surface area (Å²) in [4.78, 5) is 9.47. The highest BCUT2D eigenvalue weighted by molar-refractivity contribution is 5.40. The number of aromatic nitrogens is 1. The molecule has 2 rings (SSSR count). The van der Waals surface area contributed by atoms with Crippen LogP contribution in [-0.2, 0) is 0 Å². The third kappa shape index (κ3) is 3.45. The molecule has 2 N–H and O–H groups in total. The standard InChI is InChI=1S/C15H26N4/c1-4-12(2)18-7-9-19(10-8-18)15-6-5-14(11-17-15)13(3)16/h5-6,11-13H,4,7-10,16H2,1-3H3/t12?,13-/m1/s1. The second-order valence-electron chi connectivity index (χ2n) is 5.52. The van der Waals surface area contributed by atoms with E-state index in [-0.39, 0.29) is 6.04 Å². The lowest BCUT2D eigenvalue weighted by atomic mass is 10.1. The number of pyridine rings is 1. The van der Waals surface area contributed by atoms with E-state index >= 15 is 0 Å². The molecule has 2 atom stereocenters. The first kappa shape index (κ1) is 14.3. The summed E-state index contributed by atoms with van der Waals surface area (Å²) in [5.41, 5.74) is 6.95. The summed E-state index contributed by atoms with van der Waals surface area (Å²) in [5, 5.41) is 0. The van der Waals surface area contributed by atoms with Crippen molar-refractivity contribution in [3.05, 3.63) is 23.9 Å². The lowest BCUT2D eigenvalue weighted by Gasteiger charge is -2.38.